The molecule has 0 aromatic heterocycles. The maximum absolute atomic E-state index is 12.6. The van der Waals surface area contributed by atoms with Crippen LogP contribution in [0.1, 0.15) is 30.9 Å². The van der Waals surface area contributed by atoms with E-state index in [1.54, 1.807) is 23.6 Å². The van der Waals surface area contributed by atoms with E-state index in [9.17, 15) is 9.59 Å². The molecule has 1 aromatic rings. The maximum atomic E-state index is 12.6. The van der Waals surface area contributed by atoms with Crippen LogP contribution < -0.4 is 0 Å². The van der Waals surface area contributed by atoms with E-state index in [4.69, 9.17) is 4.74 Å². The summed E-state index contributed by atoms with van der Waals surface area (Å²) in [6, 6.07) is 8.09. The van der Waals surface area contributed by atoms with Crippen LogP contribution in [-0.2, 0) is 27.2 Å². The molecular weight excluding hydrogens is 310 g/mol. The minimum Gasteiger partial charge on any atom is -0.464 e. The Morgan fingerprint density at radius 1 is 1.30 bits per heavy atom. The van der Waals surface area contributed by atoms with Gasteiger partial charge in [0.2, 0.25) is 5.91 Å². The van der Waals surface area contributed by atoms with Gasteiger partial charge in [0, 0.05) is 12.2 Å². The van der Waals surface area contributed by atoms with Gasteiger partial charge in [0.05, 0.1) is 12.5 Å². The lowest BCUT2D eigenvalue weighted by Gasteiger charge is -2.27. The fraction of sp³-hybridized carbons (Fsp3) is 0.556. The summed E-state index contributed by atoms with van der Waals surface area (Å²) >= 11 is 1.63. The number of rotatable bonds is 4. The van der Waals surface area contributed by atoms with Crippen molar-refractivity contribution in [2.24, 2.45) is 5.92 Å². The molecule has 1 heterocycles. The summed E-state index contributed by atoms with van der Waals surface area (Å²) in [6.07, 6.45) is 3.59. The van der Waals surface area contributed by atoms with Crippen LogP contribution in [0.15, 0.2) is 24.3 Å². The molecule has 1 aliphatic heterocycles. The van der Waals surface area contributed by atoms with E-state index in [1.165, 1.54) is 11.1 Å². The highest BCUT2D eigenvalue weighted by Crippen LogP contribution is 2.30. The van der Waals surface area contributed by atoms with Crippen LogP contribution >= 0.6 is 11.8 Å². The molecule has 4 nitrogen and oxygen atoms in total. The highest BCUT2D eigenvalue weighted by Gasteiger charge is 2.36. The minimum atomic E-state index is -0.400. The Balaban J connectivity index is 1.60. The highest BCUT2D eigenvalue weighted by atomic mass is 32.2. The molecule has 2 atom stereocenters. The summed E-state index contributed by atoms with van der Waals surface area (Å²) in [5, 5.41) is 0. The number of esters is 1. The topological polar surface area (TPSA) is 46.6 Å². The van der Waals surface area contributed by atoms with Gasteiger partial charge in [-0.05, 0) is 43.2 Å². The maximum Gasteiger partial charge on any atom is 0.329 e. The number of amides is 1. The fourth-order valence-electron chi connectivity index (χ4n) is 3.43. The number of thioether (sulfide) groups is 1. The third-order valence-electron chi connectivity index (χ3n) is 4.67. The molecule has 1 amide bonds. The van der Waals surface area contributed by atoms with Crippen molar-refractivity contribution in [1.29, 1.82) is 0 Å². The Morgan fingerprint density at radius 2 is 2.09 bits per heavy atom. The largest absolute Gasteiger partial charge is 0.464 e. The summed E-state index contributed by atoms with van der Waals surface area (Å²) in [7, 11) is 0. The number of nitrogens with zero attached hydrogens (tertiary/aromatic N) is 1. The molecule has 1 aliphatic carbocycles. The third kappa shape index (κ3) is 3.71. The van der Waals surface area contributed by atoms with Gasteiger partial charge in [0.15, 0.2) is 0 Å². The molecule has 23 heavy (non-hydrogen) atoms. The molecule has 0 unspecified atom stereocenters. The van der Waals surface area contributed by atoms with Crippen LogP contribution in [0.5, 0.6) is 0 Å². The van der Waals surface area contributed by atoms with Crippen LogP contribution in [0.3, 0.4) is 0 Å². The summed E-state index contributed by atoms with van der Waals surface area (Å²) < 4.78 is 5.10. The minimum absolute atomic E-state index is 0.0948. The molecule has 1 fully saturated rings. The molecular formula is C18H23NO3S. The molecule has 3 rings (SSSR count). The van der Waals surface area contributed by atoms with E-state index in [1.807, 2.05) is 0 Å². The Bertz CT molecular complexity index is 589. The van der Waals surface area contributed by atoms with Crippen molar-refractivity contribution in [3.63, 3.8) is 0 Å². The number of ether oxygens (including phenoxy) is 1. The Hall–Kier alpha value is -1.49. The van der Waals surface area contributed by atoms with Gasteiger partial charge in [-0.2, -0.15) is 0 Å². The normalized spacial score (nSPS) is 23.4. The zero-order chi connectivity index (χ0) is 16.2. The molecule has 0 N–H and O–H groups in total. The predicted octanol–water partition coefficient (Wildman–Crippen LogP) is 2.65. The molecule has 2 aliphatic rings. The molecule has 0 saturated carbocycles. The summed E-state index contributed by atoms with van der Waals surface area (Å²) in [6.45, 7) is 2.16. The lowest BCUT2D eigenvalue weighted by molar-refractivity contribution is -0.152. The van der Waals surface area contributed by atoms with Gasteiger partial charge in [-0.1, -0.05) is 24.3 Å². The van der Waals surface area contributed by atoms with Crippen LogP contribution in [0.25, 0.3) is 0 Å². The fourth-order valence-corrected chi connectivity index (χ4v) is 4.60. The second-order valence-electron chi connectivity index (χ2n) is 6.21. The first-order chi connectivity index (χ1) is 11.2. The molecule has 1 saturated heterocycles. The predicted molar refractivity (Wildman–Crippen MR) is 91.2 cm³/mol. The van der Waals surface area contributed by atoms with Crippen molar-refractivity contribution in [2.45, 2.75) is 38.6 Å². The van der Waals surface area contributed by atoms with Gasteiger partial charge in [-0.25, -0.2) is 4.79 Å². The van der Waals surface area contributed by atoms with Crippen LogP contribution in [0.2, 0.25) is 0 Å². The summed E-state index contributed by atoms with van der Waals surface area (Å²) in [4.78, 5) is 26.3. The SMILES string of the molecule is CCOC(=O)[C@H]1CSCN1C(=O)C[C@H]1CCc2ccccc2C1. The number of carbonyl (C=O) groups excluding carboxylic acids is 2. The number of fused-ring (bicyclic) bond motifs is 1. The summed E-state index contributed by atoms with van der Waals surface area (Å²) in [5.41, 5.74) is 2.78. The molecule has 0 radical (unpaired) electrons. The lowest BCUT2D eigenvalue weighted by Crippen LogP contribution is -2.43. The first-order valence-electron chi connectivity index (χ1n) is 8.29. The van der Waals surface area contributed by atoms with Gasteiger partial charge in [-0.15, -0.1) is 11.8 Å². The second kappa shape index (κ2) is 7.39. The molecule has 1 aromatic carbocycles. The van der Waals surface area contributed by atoms with Gasteiger partial charge >= 0.3 is 5.97 Å². The Kier molecular flexibility index (Phi) is 5.26. The number of benzene rings is 1. The van der Waals surface area contributed by atoms with Crippen molar-refractivity contribution in [3.05, 3.63) is 35.4 Å². The van der Waals surface area contributed by atoms with E-state index >= 15 is 0 Å². The molecule has 0 spiro atoms. The van der Waals surface area contributed by atoms with E-state index in [0.717, 1.165) is 19.3 Å². The number of hydrogen-bond acceptors (Lipinski definition) is 4. The average Bonchev–Trinajstić information content (AvgIpc) is 3.05. The Labute approximate surface area is 141 Å². The number of hydrogen-bond donors (Lipinski definition) is 0. The lowest BCUT2D eigenvalue weighted by atomic mass is 9.82. The Morgan fingerprint density at radius 3 is 2.87 bits per heavy atom. The van der Waals surface area contributed by atoms with Crippen molar-refractivity contribution < 1.29 is 14.3 Å². The second-order valence-corrected chi connectivity index (χ2v) is 7.21. The average molecular weight is 333 g/mol. The first kappa shape index (κ1) is 16.4. The summed E-state index contributed by atoms with van der Waals surface area (Å²) in [5.74, 6) is 1.46. The number of aryl methyl sites for hydroxylation is 1. The van der Waals surface area contributed by atoms with Crippen molar-refractivity contribution in [3.8, 4) is 0 Å². The monoisotopic (exact) mass is 333 g/mol. The number of carbonyl (C=O) groups is 2. The first-order valence-corrected chi connectivity index (χ1v) is 9.45. The van der Waals surface area contributed by atoms with Gasteiger partial charge in [0.1, 0.15) is 6.04 Å². The quantitative estimate of drug-likeness (QED) is 0.795. The van der Waals surface area contributed by atoms with E-state index in [-0.39, 0.29) is 11.9 Å². The van der Waals surface area contributed by atoms with Crippen LogP contribution in [-0.4, -0.2) is 41.1 Å². The zero-order valence-corrected chi connectivity index (χ0v) is 14.3. The third-order valence-corrected chi connectivity index (χ3v) is 5.69. The highest BCUT2D eigenvalue weighted by molar-refractivity contribution is 7.99. The van der Waals surface area contributed by atoms with Crippen LogP contribution in [0.4, 0.5) is 0 Å². The molecule has 124 valence electrons. The van der Waals surface area contributed by atoms with Crippen molar-refractivity contribution in [2.75, 3.05) is 18.2 Å². The molecule has 0 bridgehead atoms. The molecule has 5 heteroatoms. The van der Waals surface area contributed by atoms with Crippen molar-refractivity contribution >= 4 is 23.6 Å². The van der Waals surface area contributed by atoms with Gasteiger partial charge < -0.3 is 9.64 Å². The standard InChI is InChI=1S/C18H23NO3S/c1-2-22-18(21)16-11-23-12-19(16)17(20)10-13-7-8-14-5-3-4-6-15(14)9-13/h3-6,13,16H,2,7-12H2,1H3/t13-,16+/m0/s1. The van der Waals surface area contributed by atoms with Gasteiger partial charge in [0.25, 0.3) is 0 Å². The van der Waals surface area contributed by atoms with E-state index < -0.39 is 6.04 Å². The van der Waals surface area contributed by atoms with Crippen molar-refractivity contribution in [1.82, 2.24) is 4.90 Å². The van der Waals surface area contributed by atoms with Crippen LogP contribution in [0, 0.1) is 5.92 Å². The van der Waals surface area contributed by atoms with E-state index in [2.05, 4.69) is 24.3 Å². The zero-order valence-electron chi connectivity index (χ0n) is 13.5. The van der Waals surface area contributed by atoms with Gasteiger partial charge in [-0.3, -0.25) is 4.79 Å². The smallest absolute Gasteiger partial charge is 0.329 e. The van der Waals surface area contributed by atoms with E-state index in [0.29, 0.717) is 30.6 Å².